The minimum Gasteiger partial charge on any atom is -0.444 e. The molecular formula is C14H25N5O2. The van der Waals surface area contributed by atoms with E-state index in [9.17, 15) is 4.79 Å². The first-order valence-electron chi connectivity index (χ1n) is 7.33. The van der Waals surface area contributed by atoms with Crippen LogP contribution in [0, 0.1) is 0 Å². The van der Waals surface area contributed by atoms with Crippen LogP contribution in [-0.4, -0.2) is 57.8 Å². The lowest BCUT2D eigenvalue weighted by molar-refractivity contribution is 0.0209. The van der Waals surface area contributed by atoms with Gasteiger partial charge in [0.1, 0.15) is 5.60 Å². The number of carbonyl (C=O) groups is 1. The Labute approximate surface area is 125 Å². The van der Waals surface area contributed by atoms with Gasteiger partial charge in [-0.1, -0.05) is 5.21 Å². The third kappa shape index (κ3) is 4.09. The van der Waals surface area contributed by atoms with Gasteiger partial charge in [-0.05, 0) is 33.6 Å². The predicted octanol–water partition coefficient (Wildman–Crippen LogP) is 1.65. The van der Waals surface area contributed by atoms with Gasteiger partial charge < -0.3 is 14.5 Å². The predicted molar refractivity (Wildman–Crippen MR) is 80.2 cm³/mol. The standard InChI is InChI=1S/C14H25N5O2/c1-14(2,3)21-13(20)18(5)11-7-6-8-19(9-11)12-10-17(4)16-15-12/h10-11H,6-9H2,1-5H3/t11-/m1/s1. The number of anilines is 1. The van der Waals surface area contributed by atoms with Crippen LogP contribution >= 0.6 is 0 Å². The highest BCUT2D eigenvalue weighted by Crippen LogP contribution is 2.21. The molecule has 0 spiro atoms. The summed E-state index contributed by atoms with van der Waals surface area (Å²) in [5.41, 5.74) is -0.468. The average molecular weight is 295 g/mol. The van der Waals surface area contributed by atoms with Crippen LogP contribution in [0.4, 0.5) is 10.6 Å². The Morgan fingerprint density at radius 1 is 1.48 bits per heavy atom. The summed E-state index contributed by atoms with van der Waals surface area (Å²) < 4.78 is 7.13. The second kappa shape index (κ2) is 5.91. The molecule has 0 aromatic carbocycles. The lowest BCUT2D eigenvalue weighted by Crippen LogP contribution is -2.50. The zero-order valence-corrected chi connectivity index (χ0v) is 13.5. The molecule has 1 aliphatic heterocycles. The number of ether oxygens (including phenoxy) is 1. The number of carbonyl (C=O) groups excluding carboxylic acids is 1. The first-order valence-corrected chi connectivity index (χ1v) is 7.33. The SMILES string of the molecule is CN(C(=O)OC(C)(C)C)[C@@H]1CCCN(c2cn(C)nn2)C1. The highest BCUT2D eigenvalue weighted by Gasteiger charge is 2.29. The third-order valence-corrected chi connectivity index (χ3v) is 3.54. The van der Waals surface area contributed by atoms with Gasteiger partial charge in [0.15, 0.2) is 5.82 Å². The van der Waals surface area contributed by atoms with Crippen LogP contribution in [0.2, 0.25) is 0 Å². The van der Waals surface area contributed by atoms with E-state index in [2.05, 4.69) is 15.2 Å². The summed E-state index contributed by atoms with van der Waals surface area (Å²) in [5.74, 6) is 0.861. The van der Waals surface area contributed by atoms with Crippen molar-refractivity contribution in [2.75, 3.05) is 25.0 Å². The van der Waals surface area contributed by atoms with Crippen LogP contribution < -0.4 is 4.90 Å². The summed E-state index contributed by atoms with van der Waals surface area (Å²) in [6.07, 6.45) is 3.63. The first kappa shape index (κ1) is 15.6. The molecular weight excluding hydrogens is 270 g/mol. The van der Waals surface area contributed by atoms with Crippen LogP contribution in [0.3, 0.4) is 0 Å². The Hall–Kier alpha value is -1.79. The van der Waals surface area contributed by atoms with Gasteiger partial charge in [0.2, 0.25) is 0 Å². The normalized spacial score (nSPS) is 19.5. The molecule has 1 aromatic heterocycles. The van der Waals surface area contributed by atoms with Crippen LogP contribution in [-0.2, 0) is 11.8 Å². The first-order chi connectivity index (χ1) is 9.76. The Morgan fingerprint density at radius 2 is 2.19 bits per heavy atom. The largest absolute Gasteiger partial charge is 0.444 e. The van der Waals surface area contributed by atoms with Crippen molar-refractivity contribution >= 4 is 11.9 Å². The van der Waals surface area contributed by atoms with Crippen molar-refractivity contribution in [3.05, 3.63) is 6.20 Å². The Morgan fingerprint density at radius 3 is 2.76 bits per heavy atom. The number of hydrogen-bond donors (Lipinski definition) is 0. The number of amides is 1. The van der Waals surface area contributed by atoms with Gasteiger partial charge in [-0.2, -0.15) is 0 Å². The fourth-order valence-corrected chi connectivity index (χ4v) is 2.44. The maximum atomic E-state index is 12.2. The van der Waals surface area contributed by atoms with Crippen molar-refractivity contribution < 1.29 is 9.53 Å². The van der Waals surface area contributed by atoms with Crippen molar-refractivity contribution in [3.8, 4) is 0 Å². The quantitative estimate of drug-likeness (QED) is 0.830. The van der Waals surface area contributed by atoms with Crippen molar-refractivity contribution in [1.82, 2.24) is 19.9 Å². The molecule has 0 N–H and O–H groups in total. The number of rotatable bonds is 2. The third-order valence-electron chi connectivity index (χ3n) is 3.54. The van der Waals surface area contributed by atoms with Gasteiger partial charge in [0.25, 0.3) is 0 Å². The van der Waals surface area contributed by atoms with Gasteiger partial charge in [0, 0.05) is 27.2 Å². The van der Waals surface area contributed by atoms with E-state index in [0.717, 1.165) is 31.7 Å². The zero-order chi connectivity index (χ0) is 15.6. The zero-order valence-electron chi connectivity index (χ0n) is 13.5. The lowest BCUT2D eigenvalue weighted by atomic mass is 10.0. The summed E-state index contributed by atoms with van der Waals surface area (Å²) in [5, 5.41) is 8.11. The highest BCUT2D eigenvalue weighted by molar-refractivity contribution is 5.68. The fraction of sp³-hybridized carbons (Fsp3) is 0.786. The van der Waals surface area contributed by atoms with Crippen LogP contribution in [0.1, 0.15) is 33.6 Å². The molecule has 1 amide bonds. The van der Waals surface area contributed by atoms with Crippen molar-refractivity contribution in [2.24, 2.45) is 7.05 Å². The molecule has 118 valence electrons. The second-order valence-corrected chi connectivity index (χ2v) is 6.58. The molecule has 0 aliphatic carbocycles. The Balaban J connectivity index is 1.98. The summed E-state index contributed by atoms with van der Waals surface area (Å²) in [6, 6.07) is 0.135. The van der Waals surface area contributed by atoms with Gasteiger partial charge in [-0.3, -0.25) is 4.68 Å². The van der Waals surface area contributed by atoms with E-state index in [1.54, 1.807) is 16.6 Å². The maximum absolute atomic E-state index is 12.2. The van der Waals surface area contributed by atoms with Gasteiger partial charge >= 0.3 is 6.09 Å². The van der Waals surface area contributed by atoms with E-state index in [4.69, 9.17) is 4.74 Å². The monoisotopic (exact) mass is 295 g/mol. The smallest absolute Gasteiger partial charge is 0.410 e. The lowest BCUT2D eigenvalue weighted by Gasteiger charge is -2.38. The molecule has 1 aliphatic rings. The second-order valence-electron chi connectivity index (χ2n) is 6.58. The molecule has 2 heterocycles. The molecule has 0 radical (unpaired) electrons. The van der Waals surface area contributed by atoms with E-state index < -0.39 is 5.60 Å². The molecule has 1 atom stereocenters. The van der Waals surface area contributed by atoms with Gasteiger partial charge in [0.05, 0.1) is 12.2 Å². The van der Waals surface area contributed by atoms with E-state index >= 15 is 0 Å². The van der Waals surface area contributed by atoms with Crippen LogP contribution in [0.5, 0.6) is 0 Å². The van der Waals surface area contributed by atoms with Crippen molar-refractivity contribution in [1.29, 1.82) is 0 Å². The number of aryl methyl sites for hydroxylation is 1. The molecule has 7 heteroatoms. The van der Waals surface area contributed by atoms with Gasteiger partial charge in [-0.15, -0.1) is 5.10 Å². The average Bonchev–Trinajstić information content (AvgIpc) is 2.83. The summed E-state index contributed by atoms with van der Waals surface area (Å²) in [6.45, 7) is 7.34. The molecule has 1 saturated heterocycles. The minimum atomic E-state index is -0.468. The van der Waals surface area contributed by atoms with E-state index in [-0.39, 0.29) is 12.1 Å². The Bertz CT molecular complexity index is 494. The molecule has 0 saturated carbocycles. The summed E-state index contributed by atoms with van der Waals surface area (Å²) in [4.78, 5) is 16.0. The number of nitrogens with zero attached hydrogens (tertiary/aromatic N) is 5. The topological polar surface area (TPSA) is 63.5 Å². The highest BCUT2D eigenvalue weighted by atomic mass is 16.6. The summed E-state index contributed by atoms with van der Waals surface area (Å²) >= 11 is 0. The number of piperidine rings is 1. The minimum absolute atomic E-state index is 0.135. The molecule has 7 nitrogen and oxygen atoms in total. The number of likely N-dealkylation sites (N-methyl/N-ethyl adjacent to an activating group) is 1. The van der Waals surface area contributed by atoms with Crippen molar-refractivity contribution in [2.45, 2.75) is 45.3 Å². The summed E-state index contributed by atoms with van der Waals surface area (Å²) in [7, 11) is 3.66. The molecule has 1 fully saturated rings. The van der Waals surface area contributed by atoms with E-state index in [1.807, 2.05) is 34.0 Å². The number of aromatic nitrogens is 3. The van der Waals surface area contributed by atoms with Crippen LogP contribution in [0.15, 0.2) is 6.20 Å². The molecule has 21 heavy (non-hydrogen) atoms. The van der Waals surface area contributed by atoms with Crippen LogP contribution in [0.25, 0.3) is 0 Å². The fourth-order valence-electron chi connectivity index (χ4n) is 2.44. The maximum Gasteiger partial charge on any atom is 0.410 e. The molecule has 0 unspecified atom stereocenters. The molecule has 1 aromatic rings. The Kier molecular flexibility index (Phi) is 4.39. The van der Waals surface area contributed by atoms with Crippen molar-refractivity contribution in [3.63, 3.8) is 0 Å². The van der Waals surface area contributed by atoms with E-state index in [0.29, 0.717) is 0 Å². The molecule has 0 bridgehead atoms. The number of hydrogen-bond acceptors (Lipinski definition) is 5. The molecule has 2 rings (SSSR count). The van der Waals surface area contributed by atoms with E-state index in [1.165, 1.54) is 0 Å². The van der Waals surface area contributed by atoms with Gasteiger partial charge in [-0.25, -0.2) is 4.79 Å².